The summed E-state index contributed by atoms with van der Waals surface area (Å²) in [6.07, 6.45) is 5.82. The number of primary amides is 1. The van der Waals surface area contributed by atoms with Gasteiger partial charge in [-0.05, 0) is 56.4 Å². The summed E-state index contributed by atoms with van der Waals surface area (Å²) in [6.45, 7) is 8.39. The standard InChI is InChI=1S/C26H34N6O4S/c1-5-26(22(33)36-7-3)8-10-31(11-9-26)24-28-14-19(15-29-24)17-12-18(16-35-4)21-20(13-17)30-25(37-21)32(6-2)23(27)34/h12-15H,5-11,16H2,1-4H3,(H2,27,34). The Morgan fingerprint density at radius 3 is 2.41 bits per heavy atom. The van der Waals surface area contributed by atoms with Gasteiger partial charge in [-0.2, -0.15) is 0 Å². The Kier molecular flexibility index (Phi) is 8.23. The molecule has 1 aromatic carbocycles. The number of nitrogens with two attached hydrogens (primary N) is 1. The molecule has 3 aromatic rings. The van der Waals surface area contributed by atoms with E-state index in [9.17, 15) is 9.59 Å². The number of esters is 1. The quantitative estimate of drug-likeness (QED) is 0.408. The number of amides is 2. The van der Waals surface area contributed by atoms with Gasteiger partial charge in [0.1, 0.15) is 0 Å². The van der Waals surface area contributed by atoms with Crippen LogP contribution in [0.2, 0.25) is 0 Å². The third-order valence-corrected chi connectivity index (χ3v) is 8.20. The van der Waals surface area contributed by atoms with E-state index in [1.807, 2.05) is 45.3 Å². The molecule has 1 saturated heterocycles. The van der Waals surface area contributed by atoms with Crippen molar-refractivity contribution < 1.29 is 19.1 Å². The molecule has 0 radical (unpaired) electrons. The van der Waals surface area contributed by atoms with Crippen molar-refractivity contribution in [2.75, 3.05) is 43.2 Å². The highest BCUT2D eigenvalue weighted by atomic mass is 32.1. The number of carbonyl (C=O) groups excluding carboxylic acids is 2. The maximum absolute atomic E-state index is 12.5. The van der Waals surface area contributed by atoms with Gasteiger partial charge in [0.25, 0.3) is 0 Å². The molecule has 2 amide bonds. The van der Waals surface area contributed by atoms with Crippen molar-refractivity contribution in [3.63, 3.8) is 0 Å². The van der Waals surface area contributed by atoms with Crippen LogP contribution in [0, 0.1) is 5.41 Å². The molecule has 3 heterocycles. The minimum absolute atomic E-state index is 0.0984. The van der Waals surface area contributed by atoms with Crippen LogP contribution in [-0.4, -0.2) is 60.3 Å². The van der Waals surface area contributed by atoms with Crippen molar-refractivity contribution in [2.24, 2.45) is 11.1 Å². The molecule has 198 valence electrons. The Morgan fingerprint density at radius 1 is 1.14 bits per heavy atom. The van der Waals surface area contributed by atoms with E-state index in [0.717, 1.165) is 46.2 Å². The van der Waals surface area contributed by atoms with Crippen LogP contribution in [0.3, 0.4) is 0 Å². The van der Waals surface area contributed by atoms with Crippen LogP contribution >= 0.6 is 11.3 Å². The number of hydrogen-bond donors (Lipinski definition) is 1. The van der Waals surface area contributed by atoms with Crippen LogP contribution in [0.15, 0.2) is 24.5 Å². The number of ether oxygens (including phenoxy) is 2. The Bertz CT molecular complexity index is 1250. The molecule has 1 aliphatic rings. The first kappa shape index (κ1) is 26.7. The molecule has 0 aliphatic carbocycles. The average molecular weight is 527 g/mol. The summed E-state index contributed by atoms with van der Waals surface area (Å²) >= 11 is 1.42. The van der Waals surface area contributed by atoms with Crippen LogP contribution < -0.4 is 15.5 Å². The van der Waals surface area contributed by atoms with Crippen LogP contribution in [0.25, 0.3) is 21.3 Å². The predicted molar refractivity (Wildman–Crippen MR) is 145 cm³/mol. The SMILES string of the molecule is CCOC(=O)C1(CC)CCN(c2ncc(-c3cc(COC)c4sc(N(CC)C(N)=O)nc4c3)cn2)CC1. The summed E-state index contributed by atoms with van der Waals surface area (Å²) in [5.74, 6) is 0.547. The Balaban J connectivity index is 1.57. The highest BCUT2D eigenvalue weighted by Crippen LogP contribution is 2.38. The van der Waals surface area contributed by atoms with Gasteiger partial charge in [0.15, 0.2) is 5.13 Å². The molecule has 10 nitrogen and oxygen atoms in total. The van der Waals surface area contributed by atoms with Crippen molar-refractivity contribution in [1.82, 2.24) is 15.0 Å². The zero-order chi connectivity index (χ0) is 26.6. The van der Waals surface area contributed by atoms with E-state index < -0.39 is 11.4 Å². The topological polar surface area (TPSA) is 124 Å². The number of carbonyl (C=O) groups is 2. The second-order valence-corrected chi connectivity index (χ2v) is 10.1. The molecule has 1 fully saturated rings. The van der Waals surface area contributed by atoms with Gasteiger partial charge in [-0.1, -0.05) is 18.3 Å². The van der Waals surface area contributed by atoms with Crippen molar-refractivity contribution >= 4 is 44.6 Å². The molecule has 0 saturated carbocycles. The fourth-order valence-electron chi connectivity index (χ4n) is 4.78. The molecule has 0 atom stereocenters. The van der Waals surface area contributed by atoms with Crippen molar-refractivity contribution in [2.45, 2.75) is 46.6 Å². The fourth-order valence-corrected chi connectivity index (χ4v) is 5.89. The average Bonchev–Trinajstić information content (AvgIpc) is 3.33. The Labute approximate surface area is 220 Å². The smallest absolute Gasteiger partial charge is 0.321 e. The molecule has 0 bridgehead atoms. The number of piperidine rings is 1. The Morgan fingerprint density at radius 2 is 1.84 bits per heavy atom. The molecule has 37 heavy (non-hydrogen) atoms. The molecule has 2 aromatic heterocycles. The lowest BCUT2D eigenvalue weighted by Crippen LogP contribution is -2.45. The molecular weight excluding hydrogens is 492 g/mol. The van der Waals surface area contributed by atoms with Gasteiger partial charge in [-0.3, -0.25) is 9.69 Å². The third kappa shape index (κ3) is 5.37. The number of methoxy groups -OCH3 is 1. The molecule has 2 N–H and O–H groups in total. The first-order valence-electron chi connectivity index (χ1n) is 12.6. The number of rotatable bonds is 9. The molecular formula is C26H34N6O4S. The maximum atomic E-state index is 12.5. The van der Waals surface area contributed by atoms with E-state index in [1.165, 1.54) is 16.2 Å². The monoisotopic (exact) mass is 526 g/mol. The molecule has 1 aliphatic heterocycles. The number of fused-ring (bicyclic) bond motifs is 1. The first-order chi connectivity index (χ1) is 17.9. The molecule has 11 heteroatoms. The first-order valence-corrected chi connectivity index (χ1v) is 13.4. The van der Waals surface area contributed by atoms with Gasteiger partial charge in [-0.15, -0.1) is 0 Å². The van der Waals surface area contributed by atoms with E-state index >= 15 is 0 Å². The largest absolute Gasteiger partial charge is 0.466 e. The van der Waals surface area contributed by atoms with Crippen molar-refractivity contribution in [3.05, 3.63) is 30.1 Å². The zero-order valence-electron chi connectivity index (χ0n) is 21.8. The highest BCUT2D eigenvalue weighted by Gasteiger charge is 2.41. The lowest BCUT2D eigenvalue weighted by molar-refractivity contribution is -0.157. The zero-order valence-corrected chi connectivity index (χ0v) is 22.6. The summed E-state index contributed by atoms with van der Waals surface area (Å²) in [7, 11) is 1.65. The second-order valence-electron chi connectivity index (χ2n) is 9.11. The predicted octanol–water partition coefficient (Wildman–Crippen LogP) is 4.36. The van der Waals surface area contributed by atoms with E-state index in [-0.39, 0.29) is 5.97 Å². The summed E-state index contributed by atoms with van der Waals surface area (Å²) < 4.78 is 11.7. The lowest BCUT2D eigenvalue weighted by Gasteiger charge is -2.39. The van der Waals surface area contributed by atoms with Gasteiger partial charge in [0, 0.05) is 44.7 Å². The normalized spacial score (nSPS) is 15.1. The van der Waals surface area contributed by atoms with Gasteiger partial charge in [-0.25, -0.2) is 19.7 Å². The van der Waals surface area contributed by atoms with Crippen LogP contribution in [0.5, 0.6) is 0 Å². The number of hydrogen-bond acceptors (Lipinski definition) is 9. The summed E-state index contributed by atoms with van der Waals surface area (Å²) in [5.41, 5.74) is 8.60. The van der Waals surface area contributed by atoms with Crippen LogP contribution in [-0.2, 0) is 20.9 Å². The van der Waals surface area contributed by atoms with Crippen molar-refractivity contribution in [3.8, 4) is 11.1 Å². The Hall–Kier alpha value is -3.31. The minimum Gasteiger partial charge on any atom is -0.466 e. The maximum Gasteiger partial charge on any atom is 0.321 e. The van der Waals surface area contributed by atoms with Gasteiger partial charge in [0.2, 0.25) is 5.95 Å². The summed E-state index contributed by atoms with van der Waals surface area (Å²) in [6, 6.07) is 3.48. The number of thiazole rings is 1. The number of nitrogens with zero attached hydrogens (tertiary/aromatic N) is 5. The van der Waals surface area contributed by atoms with Crippen LogP contribution in [0.1, 0.15) is 45.6 Å². The van der Waals surface area contributed by atoms with Gasteiger partial charge < -0.3 is 20.1 Å². The minimum atomic E-state index is -0.532. The molecule has 0 unspecified atom stereocenters. The number of anilines is 2. The second kappa shape index (κ2) is 11.4. The van der Waals surface area contributed by atoms with Gasteiger partial charge >= 0.3 is 12.0 Å². The lowest BCUT2D eigenvalue weighted by atomic mass is 9.76. The van der Waals surface area contributed by atoms with E-state index in [1.54, 1.807) is 7.11 Å². The van der Waals surface area contributed by atoms with Crippen molar-refractivity contribution in [1.29, 1.82) is 0 Å². The highest BCUT2D eigenvalue weighted by molar-refractivity contribution is 7.22. The number of urea groups is 1. The van der Waals surface area contributed by atoms with Crippen LogP contribution in [0.4, 0.5) is 15.9 Å². The fraction of sp³-hybridized carbons (Fsp3) is 0.500. The van der Waals surface area contributed by atoms with E-state index in [4.69, 9.17) is 15.2 Å². The number of benzene rings is 1. The summed E-state index contributed by atoms with van der Waals surface area (Å²) in [5, 5.41) is 0.558. The van der Waals surface area contributed by atoms with E-state index in [0.29, 0.717) is 43.9 Å². The molecule has 0 spiro atoms. The third-order valence-electron chi connectivity index (χ3n) is 7.03. The van der Waals surface area contributed by atoms with Gasteiger partial charge in [0.05, 0.1) is 28.8 Å². The van der Waals surface area contributed by atoms with E-state index in [2.05, 4.69) is 19.9 Å². The molecule has 4 rings (SSSR count). The summed E-state index contributed by atoms with van der Waals surface area (Å²) in [4.78, 5) is 41.9. The number of aromatic nitrogens is 3.